The van der Waals surface area contributed by atoms with Crippen LogP contribution in [0.3, 0.4) is 0 Å². The number of amides is 1. The quantitative estimate of drug-likeness (QED) is 0.889. The summed E-state index contributed by atoms with van der Waals surface area (Å²) in [6.45, 7) is 1.62. The fraction of sp³-hybridized carbons (Fsp3) is 0.200. The normalized spacial score (nSPS) is 11.9. The highest BCUT2D eigenvalue weighted by Crippen LogP contribution is 2.31. The molecule has 1 aromatic carbocycles. The highest BCUT2D eigenvalue weighted by molar-refractivity contribution is 7.92. The molecule has 0 saturated carbocycles. The maximum Gasteiger partial charge on any atom is 0.501 e. The van der Waals surface area contributed by atoms with Crippen molar-refractivity contribution in [3.05, 3.63) is 47.7 Å². The number of aromatic nitrogens is 1. The highest BCUT2D eigenvalue weighted by atomic mass is 32.2. The van der Waals surface area contributed by atoms with E-state index in [4.69, 9.17) is 4.74 Å². The molecule has 134 valence electrons. The van der Waals surface area contributed by atoms with Crippen molar-refractivity contribution in [1.82, 2.24) is 4.98 Å². The number of rotatable bonds is 4. The molecule has 1 N–H and O–H groups in total. The van der Waals surface area contributed by atoms with E-state index >= 15 is 0 Å². The highest BCUT2D eigenvalue weighted by Gasteiger charge is 2.46. The molecule has 0 saturated heterocycles. The van der Waals surface area contributed by atoms with E-state index in [1.165, 1.54) is 25.4 Å². The van der Waals surface area contributed by atoms with E-state index in [2.05, 4.69) is 10.3 Å². The summed E-state index contributed by atoms with van der Waals surface area (Å²) in [5.74, 6) is -0.455. The van der Waals surface area contributed by atoms with Crippen LogP contribution in [0.25, 0.3) is 0 Å². The molecular weight excluding hydrogens is 361 g/mol. The van der Waals surface area contributed by atoms with Crippen LogP contribution in [-0.2, 0) is 9.84 Å². The number of hydrogen-bond donors (Lipinski definition) is 1. The lowest BCUT2D eigenvalue weighted by Gasteiger charge is -2.11. The van der Waals surface area contributed by atoms with Crippen molar-refractivity contribution in [3.63, 3.8) is 0 Å². The Labute approximate surface area is 141 Å². The van der Waals surface area contributed by atoms with Crippen LogP contribution in [0.2, 0.25) is 0 Å². The van der Waals surface area contributed by atoms with Gasteiger partial charge in [-0.25, -0.2) is 13.4 Å². The van der Waals surface area contributed by atoms with Crippen LogP contribution in [0.5, 0.6) is 5.88 Å². The molecule has 1 amide bonds. The van der Waals surface area contributed by atoms with E-state index in [-0.39, 0.29) is 17.1 Å². The topological polar surface area (TPSA) is 85.4 Å². The van der Waals surface area contributed by atoms with Gasteiger partial charge < -0.3 is 10.1 Å². The average Bonchev–Trinajstić information content (AvgIpc) is 2.54. The van der Waals surface area contributed by atoms with Crippen molar-refractivity contribution in [1.29, 1.82) is 0 Å². The lowest BCUT2D eigenvalue weighted by atomic mass is 10.1. The summed E-state index contributed by atoms with van der Waals surface area (Å²) in [5, 5.41) is 2.36. The summed E-state index contributed by atoms with van der Waals surface area (Å²) in [6, 6.07) is 5.30. The molecule has 0 aliphatic heterocycles. The number of hydrogen-bond acceptors (Lipinski definition) is 5. The predicted molar refractivity (Wildman–Crippen MR) is 83.2 cm³/mol. The molecule has 2 aromatic rings. The van der Waals surface area contributed by atoms with Crippen molar-refractivity contribution in [2.24, 2.45) is 0 Å². The molecule has 10 heteroatoms. The maximum atomic E-state index is 12.6. The van der Waals surface area contributed by atoms with Crippen LogP contribution in [0, 0.1) is 6.92 Å². The minimum Gasteiger partial charge on any atom is -0.481 e. The van der Waals surface area contributed by atoms with Gasteiger partial charge in [-0.3, -0.25) is 4.79 Å². The van der Waals surface area contributed by atoms with Gasteiger partial charge in [0.2, 0.25) is 5.88 Å². The Kier molecular flexibility index (Phi) is 5.02. The van der Waals surface area contributed by atoms with Crippen molar-refractivity contribution in [2.75, 3.05) is 12.4 Å². The number of anilines is 1. The number of ether oxygens (including phenoxy) is 1. The molecule has 0 radical (unpaired) electrons. The van der Waals surface area contributed by atoms with Gasteiger partial charge in [-0.2, -0.15) is 13.2 Å². The molecule has 0 aliphatic rings. The Hall–Kier alpha value is -2.62. The largest absolute Gasteiger partial charge is 0.501 e. The first-order valence-corrected chi connectivity index (χ1v) is 8.28. The molecule has 1 heterocycles. The molecule has 25 heavy (non-hydrogen) atoms. The standard InChI is InChI=1S/C15H13F3N2O4S/c1-9-8-19-13(24-2)7-12(9)14(21)20-10-4-3-5-11(6-10)25(22,23)15(16,17)18/h3-8H,1-2H3,(H,20,21). The van der Waals surface area contributed by atoms with Crippen molar-refractivity contribution in [3.8, 4) is 5.88 Å². The monoisotopic (exact) mass is 374 g/mol. The van der Waals surface area contributed by atoms with E-state index in [0.29, 0.717) is 5.56 Å². The first-order chi connectivity index (χ1) is 11.6. The second-order valence-corrected chi connectivity index (χ2v) is 6.91. The van der Waals surface area contributed by atoms with Crippen molar-refractivity contribution >= 4 is 21.4 Å². The van der Waals surface area contributed by atoms with Gasteiger partial charge in [0.05, 0.1) is 12.0 Å². The average molecular weight is 374 g/mol. The summed E-state index contributed by atoms with van der Waals surface area (Å²) in [4.78, 5) is 15.3. The number of alkyl halides is 3. The first-order valence-electron chi connectivity index (χ1n) is 6.79. The van der Waals surface area contributed by atoms with Crippen LogP contribution in [0.15, 0.2) is 41.4 Å². The van der Waals surface area contributed by atoms with Gasteiger partial charge in [-0.1, -0.05) is 6.07 Å². The molecule has 6 nitrogen and oxygen atoms in total. The van der Waals surface area contributed by atoms with Crippen LogP contribution in [-0.4, -0.2) is 31.9 Å². The van der Waals surface area contributed by atoms with Gasteiger partial charge in [0.15, 0.2) is 0 Å². The number of pyridine rings is 1. The number of methoxy groups -OCH3 is 1. The van der Waals surface area contributed by atoms with E-state index in [1.54, 1.807) is 6.92 Å². The number of carbonyl (C=O) groups excluding carboxylic acids is 1. The van der Waals surface area contributed by atoms with E-state index in [0.717, 1.165) is 18.2 Å². The number of aryl methyl sites for hydroxylation is 1. The Morgan fingerprint density at radius 2 is 1.92 bits per heavy atom. The molecule has 0 atom stereocenters. The molecule has 0 unspecified atom stereocenters. The van der Waals surface area contributed by atoms with E-state index in [1.807, 2.05) is 0 Å². The van der Waals surface area contributed by atoms with Gasteiger partial charge in [0, 0.05) is 23.5 Å². The zero-order chi connectivity index (χ0) is 18.8. The van der Waals surface area contributed by atoms with Gasteiger partial charge in [-0.15, -0.1) is 0 Å². The van der Waals surface area contributed by atoms with Crippen LogP contribution < -0.4 is 10.1 Å². The number of benzene rings is 1. The molecular formula is C15H13F3N2O4S. The van der Waals surface area contributed by atoms with Crippen molar-refractivity contribution in [2.45, 2.75) is 17.3 Å². The SMILES string of the molecule is COc1cc(C(=O)Nc2cccc(S(=O)(=O)C(F)(F)F)c2)c(C)cn1. The minimum atomic E-state index is -5.50. The third-order valence-corrected chi connectivity index (χ3v) is 4.72. The summed E-state index contributed by atoms with van der Waals surface area (Å²) < 4.78 is 65.6. The molecule has 0 bridgehead atoms. The molecule has 0 fully saturated rings. The summed E-state index contributed by atoms with van der Waals surface area (Å²) in [7, 11) is -4.13. The summed E-state index contributed by atoms with van der Waals surface area (Å²) in [6.07, 6.45) is 1.40. The van der Waals surface area contributed by atoms with Gasteiger partial charge >= 0.3 is 5.51 Å². The van der Waals surface area contributed by atoms with Crippen molar-refractivity contribution < 1.29 is 31.1 Å². The fourth-order valence-electron chi connectivity index (χ4n) is 1.93. The summed E-state index contributed by atoms with van der Waals surface area (Å²) in [5.41, 5.74) is -4.82. The van der Waals surface area contributed by atoms with Crippen LogP contribution in [0.1, 0.15) is 15.9 Å². The smallest absolute Gasteiger partial charge is 0.481 e. The molecule has 2 rings (SSSR count). The minimum absolute atomic E-state index is 0.0921. The number of sulfone groups is 1. The molecule has 0 spiro atoms. The third-order valence-electron chi connectivity index (χ3n) is 3.24. The second kappa shape index (κ2) is 6.71. The number of carbonyl (C=O) groups is 1. The first kappa shape index (κ1) is 18.7. The van der Waals surface area contributed by atoms with Gasteiger partial charge in [-0.05, 0) is 30.7 Å². The van der Waals surface area contributed by atoms with Gasteiger partial charge in [0.25, 0.3) is 15.7 Å². The lowest BCUT2D eigenvalue weighted by molar-refractivity contribution is -0.0436. The molecule has 1 aromatic heterocycles. The lowest BCUT2D eigenvalue weighted by Crippen LogP contribution is -2.23. The second-order valence-electron chi connectivity index (χ2n) is 4.97. The Morgan fingerprint density at radius 1 is 1.24 bits per heavy atom. The Morgan fingerprint density at radius 3 is 2.52 bits per heavy atom. The Balaban J connectivity index is 2.33. The zero-order valence-electron chi connectivity index (χ0n) is 13.1. The maximum absolute atomic E-state index is 12.6. The zero-order valence-corrected chi connectivity index (χ0v) is 13.9. The number of nitrogens with one attached hydrogen (secondary N) is 1. The van der Waals surface area contributed by atoms with Crippen LogP contribution >= 0.6 is 0 Å². The number of nitrogens with zero attached hydrogens (tertiary/aromatic N) is 1. The van der Waals surface area contributed by atoms with E-state index < -0.39 is 26.1 Å². The predicted octanol–water partition coefficient (Wildman–Crippen LogP) is 2.94. The summed E-state index contributed by atoms with van der Waals surface area (Å²) >= 11 is 0. The van der Waals surface area contributed by atoms with Crippen LogP contribution in [0.4, 0.5) is 18.9 Å². The van der Waals surface area contributed by atoms with E-state index in [9.17, 15) is 26.4 Å². The Bertz CT molecular complexity index is 911. The molecule has 0 aliphatic carbocycles. The third kappa shape index (κ3) is 3.90. The fourth-order valence-corrected chi connectivity index (χ4v) is 2.74. The van der Waals surface area contributed by atoms with Gasteiger partial charge in [0.1, 0.15) is 0 Å². The number of halogens is 3.